The third-order valence-electron chi connectivity index (χ3n) is 3.89. The van der Waals surface area contributed by atoms with Gasteiger partial charge < -0.3 is 20.1 Å². The lowest BCUT2D eigenvalue weighted by Gasteiger charge is -2.15. The van der Waals surface area contributed by atoms with Gasteiger partial charge in [-0.05, 0) is 36.6 Å². The van der Waals surface area contributed by atoms with Crippen molar-refractivity contribution in [1.29, 1.82) is 0 Å². The summed E-state index contributed by atoms with van der Waals surface area (Å²) in [6, 6.07) is 3.17. The lowest BCUT2D eigenvalue weighted by molar-refractivity contribution is -0.127. The zero-order valence-electron chi connectivity index (χ0n) is 14.2. The standard InChI is InChI=1S/C19H22O6/c1-11-6-7-15(21)18(23)14(20)5-3-4-13-8-12(2)9-16(22)17(13)19(24)25-10-11/h3-4,6-9,11,14,18,20,22-23H,5,10H2,1-2H3/b4-3+,7-6-/t11-,14+,18+/m1/s1. The fourth-order valence-electron chi connectivity index (χ4n) is 2.49. The van der Waals surface area contributed by atoms with Crippen LogP contribution in [0.5, 0.6) is 5.75 Å². The van der Waals surface area contributed by atoms with Crippen LogP contribution in [0.15, 0.2) is 30.4 Å². The van der Waals surface area contributed by atoms with Crippen molar-refractivity contribution in [3.8, 4) is 5.75 Å². The second kappa shape index (κ2) is 8.09. The highest BCUT2D eigenvalue weighted by atomic mass is 16.5. The topological polar surface area (TPSA) is 104 Å². The molecule has 3 N–H and O–H groups in total. The summed E-state index contributed by atoms with van der Waals surface area (Å²) < 4.78 is 5.22. The van der Waals surface area contributed by atoms with Gasteiger partial charge in [0.05, 0.1) is 12.7 Å². The Balaban J connectivity index is 2.42. The summed E-state index contributed by atoms with van der Waals surface area (Å²) in [5.41, 5.74) is 1.24. The number of esters is 1. The summed E-state index contributed by atoms with van der Waals surface area (Å²) in [4.78, 5) is 24.2. The average Bonchev–Trinajstić information content (AvgIpc) is 2.55. The number of phenolic OH excluding ortho intramolecular Hbond substituents is 1. The van der Waals surface area contributed by atoms with Crippen LogP contribution in [0.25, 0.3) is 6.08 Å². The Bertz CT molecular complexity index is 719. The van der Waals surface area contributed by atoms with Crippen molar-refractivity contribution in [3.05, 3.63) is 47.1 Å². The van der Waals surface area contributed by atoms with Gasteiger partial charge in [0, 0.05) is 5.92 Å². The first-order valence-corrected chi connectivity index (χ1v) is 8.05. The first kappa shape index (κ1) is 18.9. The van der Waals surface area contributed by atoms with Crippen molar-refractivity contribution in [1.82, 2.24) is 0 Å². The maximum absolute atomic E-state index is 12.3. The Morgan fingerprint density at radius 3 is 2.60 bits per heavy atom. The van der Waals surface area contributed by atoms with Crippen LogP contribution in [-0.2, 0) is 9.53 Å². The molecule has 1 aromatic rings. The smallest absolute Gasteiger partial charge is 0.342 e. The van der Waals surface area contributed by atoms with Crippen LogP contribution >= 0.6 is 0 Å². The number of aliphatic hydroxyl groups is 2. The summed E-state index contributed by atoms with van der Waals surface area (Å²) >= 11 is 0. The summed E-state index contributed by atoms with van der Waals surface area (Å²) in [5.74, 6) is -1.73. The average molecular weight is 346 g/mol. The number of phenols is 1. The van der Waals surface area contributed by atoms with Crippen LogP contribution in [0, 0.1) is 12.8 Å². The predicted molar refractivity (Wildman–Crippen MR) is 92.1 cm³/mol. The van der Waals surface area contributed by atoms with Crippen LogP contribution < -0.4 is 0 Å². The van der Waals surface area contributed by atoms with E-state index in [4.69, 9.17) is 4.74 Å². The molecule has 3 atom stereocenters. The number of carbonyl (C=O) groups excluding carboxylic acids is 2. The van der Waals surface area contributed by atoms with E-state index in [2.05, 4.69) is 0 Å². The van der Waals surface area contributed by atoms with E-state index in [1.165, 1.54) is 24.3 Å². The number of benzene rings is 1. The molecule has 0 aromatic heterocycles. The molecule has 6 nitrogen and oxygen atoms in total. The normalized spacial score (nSPS) is 27.8. The number of fused-ring (bicyclic) bond motifs is 1. The Morgan fingerprint density at radius 2 is 1.88 bits per heavy atom. The van der Waals surface area contributed by atoms with Crippen molar-refractivity contribution in [2.24, 2.45) is 5.92 Å². The zero-order valence-corrected chi connectivity index (χ0v) is 14.2. The van der Waals surface area contributed by atoms with Crippen LogP contribution in [0.1, 0.15) is 34.8 Å². The van der Waals surface area contributed by atoms with E-state index in [1.54, 1.807) is 26.0 Å². The largest absolute Gasteiger partial charge is 0.507 e. The van der Waals surface area contributed by atoms with Crippen LogP contribution in [-0.4, -0.2) is 45.9 Å². The van der Waals surface area contributed by atoms with E-state index in [1.807, 2.05) is 0 Å². The third-order valence-corrected chi connectivity index (χ3v) is 3.89. The number of hydrogen-bond acceptors (Lipinski definition) is 6. The van der Waals surface area contributed by atoms with Crippen LogP contribution in [0.4, 0.5) is 0 Å². The molecule has 2 rings (SSSR count). The molecule has 0 saturated heterocycles. The number of rotatable bonds is 0. The molecule has 0 aliphatic carbocycles. The van der Waals surface area contributed by atoms with Gasteiger partial charge in [-0.25, -0.2) is 4.79 Å². The van der Waals surface area contributed by atoms with Gasteiger partial charge in [-0.3, -0.25) is 4.79 Å². The number of aliphatic hydroxyl groups excluding tert-OH is 2. The van der Waals surface area contributed by atoms with E-state index < -0.39 is 24.0 Å². The molecule has 1 aliphatic rings. The molecule has 0 radical (unpaired) electrons. The number of ether oxygens (including phenoxy) is 1. The minimum atomic E-state index is -1.52. The number of cyclic esters (lactones) is 1. The van der Waals surface area contributed by atoms with Crippen molar-refractivity contribution < 1.29 is 29.6 Å². The first-order valence-electron chi connectivity index (χ1n) is 8.05. The van der Waals surface area contributed by atoms with Gasteiger partial charge in [0.25, 0.3) is 0 Å². The monoisotopic (exact) mass is 346 g/mol. The SMILES string of the molecule is Cc1cc(O)c2c(c1)/C=C/C[C@H](O)[C@H](O)C(=O)/C=C\[C@@H](C)COC2=O. The molecule has 0 spiro atoms. The Hall–Kier alpha value is -2.44. The molecule has 0 saturated carbocycles. The van der Waals surface area contributed by atoms with Gasteiger partial charge in [-0.2, -0.15) is 0 Å². The zero-order chi connectivity index (χ0) is 18.6. The lowest BCUT2D eigenvalue weighted by Crippen LogP contribution is -2.32. The van der Waals surface area contributed by atoms with Crippen LogP contribution in [0.2, 0.25) is 0 Å². The van der Waals surface area contributed by atoms with Crippen LogP contribution in [0.3, 0.4) is 0 Å². The second-order valence-corrected chi connectivity index (χ2v) is 6.24. The Labute approximate surface area is 146 Å². The van der Waals surface area contributed by atoms with Gasteiger partial charge >= 0.3 is 5.97 Å². The maximum Gasteiger partial charge on any atom is 0.342 e. The van der Waals surface area contributed by atoms with Gasteiger partial charge in [0.2, 0.25) is 0 Å². The van der Waals surface area contributed by atoms with E-state index in [9.17, 15) is 24.9 Å². The molecular weight excluding hydrogens is 324 g/mol. The molecule has 134 valence electrons. The van der Waals surface area contributed by atoms with E-state index >= 15 is 0 Å². The maximum atomic E-state index is 12.3. The van der Waals surface area contributed by atoms with E-state index in [0.717, 1.165) is 5.56 Å². The number of carbonyl (C=O) groups is 2. The third kappa shape index (κ3) is 4.78. The minimum absolute atomic E-state index is 0.0116. The molecule has 6 heteroatoms. The minimum Gasteiger partial charge on any atom is -0.507 e. The van der Waals surface area contributed by atoms with Gasteiger partial charge in [-0.1, -0.05) is 31.2 Å². The number of ketones is 1. The van der Waals surface area contributed by atoms with Crippen molar-refractivity contribution >= 4 is 17.8 Å². The predicted octanol–water partition coefficient (Wildman–Crippen LogP) is 1.76. The lowest BCUT2D eigenvalue weighted by atomic mass is 10.00. The molecule has 0 amide bonds. The van der Waals surface area contributed by atoms with Crippen molar-refractivity contribution in [2.45, 2.75) is 32.5 Å². The summed E-state index contributed by atoms with van der Waals surface area (Å²) in [6.07, 6.45) is 2.99. The molecule has 25 heavy (non-hydrogen) atoms. The highest BCUT2D eigenvalue weighted by Crippen LogP contribution is 2.26. The van der Waals surface area contributed by atoms with Gasteiger partial charge in [0.1, 0.15) is 17.4 Å². The molecule has 0 bridgehead atoms. The highest BCUT2D eigenvalue weighted by molar-refractivity contribution is 5.97. The molecular formula is C19H22O6. The van der Waals surface area contributed by atoms with Gasteiger partial charge in [-0.15, -0.1) is 0 Å². The number of aromatic hydroxyl groups is 1. The van der Waals surface area contributed by atoms with E-state index in [-0.39, 0.29) is 30.3 Å². The summed E-state index contributed by atoms with van der Waals surface area (Å²) in [5, 5.41) is 29.9. The van der Waals surface area contributed by atoms with Crippen molar-refractivity contribution in [3.63, 3.8) is 0 Å². The Kier molecular flexibility index (Phi) is 6.12. The highest BCUT2D eigenvalue weighted by Gasteiger charge is 2.22. The number of hydrogen-bond donors (Lipinski definition) is 3. The molecule has 0 fully saturated rings. The fraction of sp³-hybridized carbons (Fsp3) is 0.368. The molecule has 1 aliphatic heterocycles. The summed E-state index contributed by atoms with van der Waals surface area (Å²) in [6.45, 7) is 3.52. The van der Waals surface area contributed by atoms with Crippen molar-refractivity contribution in [2.75, 3.05) is 6.61 Å². The molecule has 1 aromatic carbocycles. The molecule has 0 unspecified atom stereocenters. The fourth-order valence-corrected chi connectivity index (χ4v) is 2.49. The number of aryl methyl sites for hydroxylation is 1. The Morgan fingerprint density at radius 1 is 1.16 bits per heavy atom. The van der Waals surface area contributed by atoms with E-state index in [0.29, 0.717) is 5.56 Å². The quantitative estimate of drug-likeness (QED) is 0.619. The van der Waals surface area contributed by atoms with Gasteiger partial charge in [0.15, 0.2) is 5.78 Å². The summed E-state index contributed by atoms with van der Waals surface area (Å²) in [7, 11) is 0. The molecule has 1 heterocycles. The second-order valence-electron chi connectivity index (χ2n) is 6.24. The first-order chi connectivity index (χ1) is 11.8.